The molecule has 2 heterocycles. The van der Waals surface area contributed by atoms with Crippen molar-refractivity contribution in [3.05, 3.63) is 35.3 Å². The molecule has 0 bridgehead atoms. The molecule has 1 aromatic heterocycles. The van der Waals surface area contributed by atoms with Gasteiger partial charge < -0.3 is 14.5 Å². The maximum atomic E-state index is 13.8. The van der Waals surface area contributed by atoms with Crippen LogP contribution >= 0.6 is 0 Å². The Morgan fingerprint density at radius 3 is 2.79 bits per heavy atom. The van der Waals surface area contributed by atoms with E-state index in [1.807, 2.05) is 11.0 Å². The first-order valence-electron chi connectivity index (χ1n) is 7.75. The summed E-state index contributed by atoms with van der Waals surface area (Å²) in [6, 6.07) is 4.36. The summed E-state index contributed by atoms with van der Waals surface area (Å²) in [7, 11) is 2.63. The van der Waals surface area contributed by atoms with Gasteiger partial charge in [-0.15, -0.1) is 0 Å². The number of aromatic amines is 1. The zero-order valence-electron chi connectivity index (χ0n) is 13.6. The molecule has 1 unspecified atom stereocenters. The minimum absolute atomic E-state index is 0.00468. The van der Waals surface area contributed by atoms with Crippen molar-refractivity contribution in [3.63, 3.8) is 0 Å². The Morgan fingerprint density at radius 1 is 1.29 bits per heavy atom. The predicted octanol–water partition coefficient (Wildman–Crippen LogP) is 2.40. The Morgan fingerprint density at radius 2 is 2.08 bits per heavy atom. The maximum absolute atomic E-state index is 13.8. The lowest BCUT2D eigenvalue weighted by Gasteiger charge is -2.22. The number of H-pyrrole nitrogens is 1. The number of methoxy groups -OCH3 is 2. The molecular formula is C17H19FN2O4. The van der Waals surface area contributed by atoms with E-state index in [0.717, 1.165) is 25.1 Å². The van der Waals surface area contributed by atoms with Crippen LogP contribution < -0.4 is 0 Å². The second-order valence-electron chi connectivity index (χ2n) is 5.84. The number of esters is 2. The van der Waals surface area contributed by atoms with Gasteiger partial charge >= 0.3 is 11.9 Å². The first-order chi connectivity index (χ1) is 11.5. The number of ether oxygens (including phenoxy) is 2. The third-order valence-corrected chi connectivity index (χ3v) is 4.41. The first-order valence-corrected chi connectivity index (χ1v) is 7.75. The van der Waals surface area contributed by atoms with Gasteiger partial charge in [0.25, 0.3) is 0 Å². The van der Waals surface area contributed by atoms with Crippen LogP contribution in [0.25, 0.3) is 10.9 Å². The average molecular weight is 334 g/mol. The smallest absolute Gasteiger partial charge is 0.338 e. The van der Waals surface area contributed by atoms with Crippen molar-refractivity contribution in [2.45, 2.75) is 18.9 Å². The number of carbonyl (C=O) groups excluding carboxylic acids is 2. The number of hydrogen-bond acceptors (Lipinski definition) is 5. The van der Waals surface area contributed by atoms with Crippen molar-refractivity contribution in [2.24, 2.45) is 0 Å². The number of halogens is 1. The van der Waals surface area contributed by atoms with Gasteiger partial charge in [0.2, 0.25) is 0 Å². The van der Waals surface area contributed by atoms with Gasteiger partial charge in [0.15, 0.2) is 0 Å². The molecule has 1 saturated heterocycles. The van der Waals surface area contributed by atoms with E-state index < -0.39 is 11.8 Å². The normalized spacial score (nSPS) is 18.0. The topological polar surface area (TPSA) is 71.6 Å². The third-order valence-electron chi connectivity index (χ3n) is 4.41. The largest absolute Gasteiger partial charge is 0.468 e. The summed E-state index contributed by atoms with van der Waals surface area (Å²) in [5, 5.41) is 0.614. The van der Waals surface area contributed by atoms with Crippen molar-refractivity contribution < 1.29 is 23.5 Å². The lowest BCUT2D eigenvalue weighted by atomic mass is 10.1. The molecule has 0 radical (unpaired) electrons. The maximum Gasteiger partial charge on any atom is 0.338 e. The molecule has 7 heteroatoms. The molecule has 0 spiro atoms. The lowest BCUT2D eigenvalue weighted by molar-refractivity contribution is -0.142. The van der Waals surface area contributed by atoms with E-state index >= 15 is 0 Å². The highest BCUT2D eigenvalue weighted by atomic mass is 19.1. The molecule has 1 atom stereocenters. The fourth-order valence-corrected chi connectivity index (χ4v) is 3.28. The molecule has 2 aromatic rings. The van der Waals surface area contributed by atoms with Crippen molar-refractivity contribution >= 4 is 22.8 Å². The van der Waals surface area contributed by atoms with E-state index in [1.165, 1.54) is 26.4 Å². The standard InChI is InChI=1S/C17H19FN2O4/c1-23-16(21)9-20-5-3-4-15(20)14-8-11-12(17(22)24-2)6-10(18)7-13(11)19-14/h6-8,15,19H,3-5,9H2,1-2H3. The quantitative estimate of drug-likeness (QED) is 0.870. The average Bonchev–Trinajstić information content (AvgIpc) is 3.19. The van der Waals surface area contributed by atoms with Crippen LogP contribution in [-0.4, -0.2) is 49.1 Å². The fraction of sp³-hybridized carbons (Fsp3) is 0.412. The van der Waals surface area contributed by atoms with Crippen molar-refractivity contribution in [1.82, 2.24) is 9.88 Å². The van der Waals surface area contributed by atoms with E-state index in [2.05, 4.69) is 4.98 Å². The van der Waals surface area contributed by atoms with E-state index in [-0.39, 0.29) is 24.1 Å². The molecule has 24 heavy (non-hydrogen) atoms. The van der Waals surface area contributed by atoms with Gasteiger partial charge in [-0.25, -0.2) is 9.18 Å². The van der Waals surface area contributed by atoms with E-state index in [9.17, 15) is 14.0 Å². The van der Waals surface area contributed by atoms with Crippen LogP contribution in [-0.2, 0) is 14.3 Å². The number of aromatic nitrogens is 1. The highest BCUT2D eigenvalue weighted by Gasteiger charge is 2.29. The van der Waals surface area contributed by atoms with E-state index in [1.54, 1.807) is 0 Å². The predicted molar refractivity (Wildman–Crippen MR) is 85.2 cm³/mol. The summed E-state index contributed by atoms with van der Waals surface area (Å²) >= 11 is 0. The summed E-state index contributed by atoms with van der Waals surface area (Å²) in [6.45, 7) is 0.988. The summed E-state index contributed by atoms with van der Waals surface area (Å²) in [5.41, 5.74) is 1.57. The summed E-state index contributed by atoms with van der Waals surface area (Å²) in [4.78, 5) is 28.6. The molecule has 0 amide bonds. The van der Waals surface area contributed by atoms with Crippen LogP contribution in [0, 0.1) is 5.82 Å². The Kier molecular flexibility index (Phi) is 4.53. The van der Waals surface area contributed by atoms with Crippen molar-refractivity contribution in [1.29, 1.82) is 0 Å². The van der Waals surface area contributed by atoms with Gasteiger partial charge in [-0.2, -0.15) is 0 Å². The zero-order valence-corrected chi connectivity index (χ0v) is 13.6. The van der Waals surface area contributed by atoms with Gasteiger partial charge in [0.05, 0.1) is 32.4 Å². The molecule has 1 fully saturated rings. The molecule has 1 aromatic carbocycles. The second-order valence-corrected chi connectivity index (χ2v) is 5.84. The number of nitrogens with one attached hydrogen (secondary N) is 1. The highest BCUT2D eigenvalue weighted by molar-refractivity contribution is 6.04. The van der Waals surface area contributed by atoms with Crippen LogP contribution in [0.5, 0.6) is 0 Å². The van der Waals surface area contributed by atoms with Gasteiger partial charge in [-0.3, -0.25) is 9.69 Å². The van der Waals surface area contributed by atoms with E-state index in [0.29, 0.717) is 10.9 Å². The molecule has 1 N–H and O–H groups in total. The number of fused-ring (bicyclic) bond motifs is 1. The second kappa shape index (κ2) is 6.60. The number of hydrogen-bond donors (Lipinski definition) is 1. The molecule has 3 rings (SSSR count). The van der Waals surface area contributed by atoms with Gasteiger partial charge in [-0.05, 0) is 37.6 Å². The van der Waals surface area contributed by atoms with Crippen LogP contribution in [0.1, 0.15) is 34.9 Å². The Bertz CT molecular complexity index is 786. The Hall–Kier alpha value is -2.41. The molecule has 1 aliphatic heterocycles. The summed E-state index contributed by atoms with van der Waals surface area (Å²) in [5.74, 6) is -1.38. The molecule has 128 valence electrons. The van der Waals surface area contributed by atoms with Crippen molar-refractivity contribution in [2.75, 3.05) is 27.3 Å². The third kappa shape index (κ3) is 2.99. The summed E-state index contributed by atoms with van der Waals surface area (Å²) in [6.07, 6.45) is 1.83. The molecule has 0 saturated carbocycles. The van der Waals surface area contributed by atoms with E-state index in [4.69, 9.17) is 9.47 Å². The van der Waals surface area contributed by atoms with Crippen LogP contribution in [0.3, 0.4) is 0 Å². The number of rotatable bonds is 4. The summed E-state index contributed by atoms with van der Waals surface area (Å²) < 4.78 is 23.2. The monoisotopic (exact) mass is 334 g/mol. The van der Waals surface area contributed by atoms with Gasteiger partial charge in [-0.1, -0.05) is 0 Å². The SMILES string of the molecule is COC(=O)CN1CCCC1c1cc2c(C(=O)OC)cc(F)cc2[nH]1. The molecule has 1 aliphatic rings. The Labute approximate surface area is 138 Å². The molecular weight excluding hydrogens is 315 g/mol. The zero-order chi connectivity index (χ0) is 17.3. The first kappa shape index (κ1) is 16.4. The fourth-order valence-electron chi connectivity index (χ4n) is 3.28. The van der Waals surface area contributed by atoms with Crippen LogP contribution in [0.15, 0.2) is 18.2 Å². The van der Waals surface area contributed by atoms with Gasteiger partial charge in [0, 0.05) is 16.6 Å². The molecule has 0 aliphatic carbocycles. The molecule has 6 nitrogen and oxygen atoms in total. The number of carbonyl (C=O) groups is 2. The van der Waals surface area contributed by atoms with Crippen LogP contribution in [0.2, 0.25) is 0 Å². The number of nitrogens with zero attached hydrogens (tertiary/aromatic N) is 1. The minimum Gasteiger partial charge on any atom is -0.468 e. The minimum atomic E-state index is -0.581. The Balaban J connectivity index is 1.98. The van der Waals surface area contributed by atoms with Gasteiger partial charge in [0.1, 0.15) is 5.82 Å². The lowest BCUT2D eigenvalue weighted by Crippen LogP contribution is -2.30. The highest BCUT2D eigenvalue weighted by Crippen LogP contribution is 2.34. The number of benzene rings is 1. The van der Waals surface area contributed by atoms with Crippen molar-refractivity contribution in [3.8, 4) is 0 Å². The number of likely N-dealkylation sites (tertiary alicyclic amines) is 1. The van der Waals surface area contributed by atoms with Crippen LogP contribution in [0.4, 0.5) is 4.39 Å².